The minimum atomic E-state index is 0. The largest absolute Gasteiger partial charge is 2.00 e. The van der Waals surface area contributed by atoms with Gasteiger partial charge in [-0.15, -0.1) is 0 Å². The Hall–Kier alpha value is 0.726. The second-order valence-electron chi connectivity index (χ2n) is 1.81. The average molecular weight is 127 g/mol. The summed E-state index contributed by atoms with van der Waals surface area (Å²) >= 11 is 0. The number of rotatable bonds is 3. The molecule has 0 amide bonds. The molecule has 0 bridgehead atoms. The summed E-state index contributed by atoms with van der Waals surface area (Å²) in [5.41, 5.74) is 0. The van der Waals surface area contributed by atoms with Crippen molar-refractivity contribution in [3.63, 3.8) is 0 Å². The van der Waals surface area contributed by atoms with E-state index in [-0.39, 0.29) is 23.1 Å². The summed E-state index contributed by atoms with van der Waals surface area (Å²) in [6.07, 6.45) is 0. The maximum atomic E-state index is 2.22. The Morgan fingerprint density at radius 1 is 0.875 bits per heavy atom. The van der Waals surface area contributed by atoms with Gasteiger partial charge in [-0.3, -0.25) is 0 Å². The molecule has 0 aromatic rings. The maximum Gasteiger partial charge on any atom is 2.00 e. The molecule has 0 aliphatic carbocycles. The molecule has 0 saturated carbocycles. The van der Waals surface area contributed by atoms with Crippen molar-refractivity contribution in [2.24, 2.45) is 0 Å². The summed E-state index contributed by atoms with van der Waals surface area (Å²) in [6, 6.07) is 0. The normalized spacial score (nSPS) is 9.00. The topological polar surface area (TPSA) is 4.44 Å². The molecule has 8 heavy (non-hydrogen) atoms. The van der Waals surface area contributed by atoms with Gasteiger partial charge in [-0.2, -0.15) is 0 Å². The van der Waals surface area contributed by atoms with Gasteiger partial charge in [0, 0.05) is 0 Å². The predicted molar refractivity (Wildman–Crippen MR) is 38.3 cm³/mol. The van der Waals surface area contributed by atoms with Gasteiger partial charge in [-0.05, 0) is 20.8 Å². The third-order valence-electron chi connectivity index (χ3n) is 1.50. The van der Waals surface area contributed by atoms with E-state index < -0.39 is 0 Å². The first-order chi connectivity index (χ1) is 3.35. The summed E-state index contributed by atoms with van der Waals surface area (Å²) in [5, 5.41) is 0. The van der Waals surface area contributed by atoms with Gasteiger partial charge in [-0.25, -0.2) is 0 Å². The molecule has 0 atom stereocenters. The number of hydrogen-bond donors (Lipinski definition) is 1. The van der Waals surface area contributed by atoms with Crippen molar-refractivity contribution >= 4 is 23.1 Å². The Labute approximate surface area is 68.6 Å². The first kappa shape index (κ1) is 11.5. The number of nitrogens with one attached hydrogen (secondary N) is 1. The van der Waals surface area contributed by atoms with Gasteiger partial charge in [0.05, 0.1) is 19.6 Å². The van der Waals surface area contributed by atoms with E-state index in [0.29, 0.717) is 0 Å². The van der Waals surface area contributed by atoms with Crippen molar-refractivity contribution < 1.29 is 4.90 Å². The third kappa shape index (κ3) is 4.87. The Morgan fingerprint density at radius 2 is 1.12 bits per heavy atom. The van der Waals surface area contributed by atoms with E-state index in [1.54, 1.807) is 4.90 Å². The molecule has 0 aromatic heterocycles. The zero-order valence-corrected chi connectivity index (χ0v) is 7.74. The Kier molecular flexibility index (Phi) is 11.1. The Balaban J connectivity index is 0. The molecule has 0 fully saturated rings. The molecule has 0 rings (SSSR count). The molecule has 0 saturated heterocycles. The predicted octanol–water partition coefficient (Wildman–Crippen LogP) is -0.450. The fourth-order valence-electron chi connectivity index (χ4n) is 0.750. The van der Waals surface area contributed by atoms with E-state index in [4.69, 9.17) is 0 Å². The van der Waals surface area contributed by atoms with E-state index in [9.17, 15) is 0 Å². The Morgan fingerprint density at radius 3 is 1.12 bits per heavy atom. The maximum absolute atomic E-state index is 2.22. The van der Waals surface area contributed by atoms with E-state index in [1.165, 1.54) is 19.6 Å². The van der Waals surface area contributed by atoms with E-state index >= 15 is 0 Å². The summed E-state index contributed by atoms with van der Waals surface area (Å²) in [5.74, 6) is 0. The standard InChI is InChI=1S/C6H15N.Mg/c1-4-7(5-2)6-3;/h4-6H2,1-3H3;/q;+2/p+1. The van der Waals surface area contributed by atoms with Gasteiger partial charge in [0.15, 0.2) is 0 Å². The van der Waals surface area contributed by atoms with Crippen LogP contribution in [0.4, 0.5) is 0 Å². The molecule has 0 radical (unpaired) electrons. The molecule has 1 nitrogen and oxygen atoms in total. The fourth-order valence-corrected chi connectivity index (χ4v) is 0.750. The smallest absolute Gasteiger partial charge is 0.336 e. The van der Waals surface area contributed by atoms with Crippen molar-refractivity contribution in [3.05, 3.63) is 0 Å². The van der Waals surface area contributed by atoms with Crippen LogP contribution in [-0.2, 0) is 0 Å². The van der Waals surface area contributed by atoms with E-state index in [2.05, 4.69) is 20.8 Å². The van der Waals surface area contributed by atoms with Gasteiger partial charge in [0.1, 0.15) is 0 Å². The van der Waals surface area contributed by atoms with Crippen LogP contribution in [-0.4, -0.2) is 42.7 Å². The van der Waals surface area contributed by atoms with E-state index in [0.717, 1.165) is 0 Å². The fraction of sp³-hybridized carbons (Fsp3) is 1.00. The number of quaternary nitrogens is 1. The monoisotopic (exact) mass is 126 g/mol. The SMILES string of the molecule is CC[NH+](CC)CC.[Mg+2]. The van der Waals surface area contributed by atoms with Crippen LogP contribution in [0.1, 0.15) is 20.8 Å². The molecule has 44 valence electrons. The quantitative estimate of drug-likeness (QED) is 0.489. The van der Waals surface area contributed by atoms with Crippen molar-refractivity contribution in [2.45, 2.75) is 20.8 Å². The van der Waals surface area contributed by atoms with Crippen LogP contribution < -0.4 is 4.90 Å². The molecule has 1 N–H and O–H groups in total. The zero-order valence-electron chi connectivity index (χ0n) is 6.33. The molecule has 0 heterocycles. The van der Waals surface area contributed by atoms with Crippen molar-refractivity contribution in [3.8, 4) is 0 Å². The van der Waals surface area contributed by atoms with Gasteiger partial charge in [-0.1, -0.05) is 0 Å². The van der Waals surface area contributed by atoms with Gasteiger partial charge < -0.3 is 4.90 Å². The summed E-state index contributed by atoms with van der Waals surface area (Å²) in [4.78, 5) is 1.68. The molecular formula is C6H16MgN+3. The summed E-state index contributed by atoms with van der Waals surface area (Å²) < 4.78 is 0. The third-order valence-corrected chi connectivity index (χ3v) is 1.50. The van der Waals surface area contributed by atoms with E-state index in [1.807, 2.05) is 0 Å². The van der Waals surface area contributed by atoms with Crippen LogP contribution >= 0.6 is 0 Å². The molecule has 0 spiro atoms. The second kappa shape index (κ2) is 7.73. The van der Waals surface area contributed by atoms with Crippen LogP contribution in [0.25, 0.3) is 0 Å². The zero-order chi connectivity index (χ0) is 5.70. The van der Waals surface area contributed by atoms with Gasteiger partial charge in [0.2, 0.25) is 0 Å². The molecule has 0 aliphatic rings. The van der Waals surface area contributed by atoms with Gasteiger partial charge in [0.25, 0.3) is 0 Å². The van der Waals surface area contributed by atoms with Crippen LogP contribution in [0.2, 0.25) is 0 Å². The second-order valence-corrected chi connectivity index (χ2v) is 1.81. The van der Waals surface area contributed by atoms with Crippen molar-refractivity contribution in [1.29, 1.82) is 0 Å². The average Bonchev–Trinajstić information content (AvgIpc) is 1.72. The van der Waals surface area contributed by atoms with Crippen LogP contribution in [0.15, 0.2) is 0 Å². The summed E-state index contributed by atoms with van der Waals surface area (Å²) in [7, 11) is 0. The first-order valence-electron chi connectivity index (χ1n) is 3.18. The Bertz CT molecular complexity index is 30.0. The van der Waals surface area contributed by atoms with Gasteiger partial charge >= 0.3 is 23.1 Å². The van der Waals surface area contributed by atoms with Crippen molar-refractivity contribution in [2.75, 3.05) is 19.6 Å². The molecule has 0 aromatic carbocycles. The minimum Gasteiger partial charge on any atom is -0.336 e. The molecule has 0 aliphatic heterocycles. The van der Waals surface area contributed by atoms with Crippen molar-refractivity contribution in [1.82, 2.24) is 0 Å². The molecule has 0 unspecified atom stereocenters. The van der Waals surface area contributed by atoms with Crippen LogP contribution in [0.3, 0.4) is 0 Å². The summed E-state index contributed by atoms with van der Waals surface area (Å²) in [6.45, 7) is 10.5. The molecular weight excluding hydrogens is 110 g/mol. The number of hydrogen-bond acceptors (Lipinski definition) is 0. The minimum absolute atomic E-state index is 0. The first-order valence-corrected chi connectivity index (χ1v) is 3.18. The van der Waals surface area contributed by atoms with Crippen LogP contribution in [0.5, 0.6) is 0 Å². The van der Waals surface area contributed by atoms with Crippen LogP contribution in [0, 0.1) is 0 Å². The molecule has 2 heteroatoms.